The van der Waals surface area contributed by atoms with E-state index in [-0.39, 0.29) is 0 Å². The third-order valence-electron chi connectivity index (χ3n) is 2.96. The van der Waals surface area contributed by atoms with Crippen LogP contribution in [-0.4, -0.2) is 11.5 Å². The van der Waals surface area contributed by atoms with Gasteiger partial charge in [-0.25, -0.2) is 0 Å². The van der Waals surface area contributed by atoms with Crippen LogP contribution in [0.4, 0.5) is 5.69 Å². The Hall–Kier alpha value is -1.61. The van der Waals surface area contributed by atoms with Crippen molar-refractivity contribution in [2.24, 2.45) is 0 Å². The molecule has 0 aliphatic carbocycles. The standard InChI is InChI=1S/C12H13N3/c13-12-8-3-1-2-4-10(8)15-11-5-6-14-7-9(11)12/h1-4,14H,5-7H2,(H2,13,15). The summed E-state index contributed by atoms with van der Waals surface area (Å²) in [5.41, 5.74) is 10.4. The molecule has 3 rings (SSSR count). The molecular weight excluding hydrogens is 186 g/mol. The van der Waals surface area contributed by atoms with Crippen molar-refractivity contribution in [2.45, 2.75) is 13.0 Å². The normalized spacial score (nSPS) is 15.2. The lowest BCUT2D eigenvalue weighted by molar-refractivity contribution is 0.634. The van der Waals surface area contributed by atoms with Crippen LogP contribution >= 0.6 is 0 Å². The van der Waals surface area contributed by atoms with Crippen molar-refractivity contribution in [1.82, 2.24) is 10.3 Å². The van der Waals surface area contributed by atoms with Crippen LogP contribution in [0.15, 0.2) is 24.3 Å². The highest BCUT2D eigenvalue weighted by Crippen LogP contribution is 2.27. The second-order valence-electron chi connectivity index (χ2n) is 3.89. The molecule has 0 saturated heterocycles. The first-order chi connectivity index (χ1) is 7.36. The van der Waals surface area contributed by atoms with Crippen LogP contribution in [-0.2, 0) is 13.0 Å². The minimum atomic E-state index is 0.846. The molecule has 15 heavy (non-hydrogen) atoms. The van der Waals surface area contributed by atoms with Crippen LogP contribution < -0.4 is 11.1 Å². The van der Waals surface area contributed by atoms with Gasteiger partial charge < -0.3 is 11.1 Å². The smallest absolute Gasteiger partial charge is 0.0726 e. The Morgan fingerprint density at radius 2 is 2.13 bits per heavy atom. The number of hydrogen-bond acceptors (Lipinski definition) is 3. The first kappa shape index (κ1) is 8.68. The van der Waals surface area contributed by atoms with Crippen LogP contribution in [0.2, 0.25) is 0 Å². The molecule has 1 aromatic carbocycles. The topological polar surface area (TPSA) is 50.9 Å². The Morgan fingerprint density at radius 1 is 1.27 bits per heavy atom. The highest BCUT2D eigenvalue weighted by Gasteiger charge is 2.15. The van der Waals surface area contributed by atoms with Crippen LogP contribution in [0.5, 0.6) is 0 Å². The van der Waals surface area contributed by atoms with Crippen LogP contribution in [0.25, 0.3) is 10.9 Å². The number of hydrogen-bond donors (Lipinski definition) is 2. The number of anilines is 1. The number of nitrogens with one attached hydrogen (secondary N) is 1. The van der Waals surface area contributed by atoms with E-state index in [1.165, 1.54) is 5.56 Å². The average Bonchev–Trinajstić information content (AvgIpc) is 2.30. The maximum atomic E-state index is 6.16. The van der Waals surface area contributed by atoms with Gasteiger partial charge in [0.05, 0.1) is 5.52 Å². The zero-order valence-electron chi connectivity index (χ0n) is 8.46. The number of pyridine rings is 1. The number of para-hydroxylation sites is 1. The fourth-order valence-corrected chi connectivity index (χ4v) is 2.15. The number of fused-ring (bicyclic) bond motifs is 2. The number of nitrogens with two attached hydrogens (primary N) is 1. The van der Waals surface area contributed by atoms with Gasteiger partial charge >= 0.3 is 0 Å². The summed E-state index contributed by atoms with van der Waals surface area (Å²) in [6.45, 7) is 1.84. The largest absolute Gasteiger partial charge is 0.398 e. The van der Waals surface area contributed by atoms with E-state index in [0.717, 1.165) is 41.8 Å². The molecule has 76 valence electrons. The van der Waals surface area contributed by atoms with Crippen molar-refractivity contribution in [3.63, 3.8) is 0 Å². The van der Waals surface area contributed by atoms with Crippen LogP contribution in [0, 0.1) is 0 Å². The van der Waals surface area contributed by atoms with Crippen LogP contribution in [0.3, 0.4) is 0 Å². The summed E-state index contributed by atoms with van der Waals surface area (Å²) in [7, 11) is 0. The molecule has 0 saturated carbocycles. The number of aromatic nitrogens is 1. The van der Waals surface area contributed by atoms with Gasteiger partial charge in [0.1, 0.15) is 0 Å². The molecule has 2 aromatic rings. The summed E-state index contributed by atoms with van der Waals surface area (Å²) in [4.78, 5) is 4.66. The molecule has 3 nitrogen and oxygen atoms in total. The van der Waals surface area contributed by atoms with E-state index in [1.54, 1.807) is 0 Å². The Labute approximate surface area is 88.3 Å². The van der Waals surface area contributed by atoms with E-state index in [2.05, 4.69) is 10.3 Å². The molecular formula is C12H13N3. The summed E-state index contributed by atoms with van der Waals surface area (Å²) in [6, 6.07) is 8.06. The van der Waals surface area contributed by atoms with Gasteiger partial charge in [-0.2, -0.15) is 0 Å². The third-order valence-corrected chi connectivity index (χ3v) is 2.96. The van der Waals surface area contributed by atoms with Gasteiger partial charge in [-0.1, -0.05) is 18.2 Å². The van der Waals surface area contributed by atoms with Gasteiger partial charge in [0, 0.05) is 41.8 Å². The highest BCUT2D eigenvalue weighted by atomic mass is 14.9. The lowest BCUT2D eigenvalue weighted by Crippen LogP contribution is -2.25. The van der Waals surface area contributed by atoms with Gasteiger partial charge in [-0.05, 0) is 6.07 Å². The molecule has 0 amide bonds. The quantitative estimate of drug-likeness (QED) is 0.675. The summed E-state index contributed by atoms with van der Waals surface area (Å²) in [6.07, 6.45) is 0.977. The van der Waals surface area contributed by atoms with Crippen molar-refractivity contribution >= 4 is 16.6 Å². The van der Waals surface area contributed by atoms with Crippen molar-refractivity contribution in [3.8, 4) is 0 Å². The molecule has 1 aliphatic heterocycles. The Bertz CT molecular complexity index is 520. The zero-order chi connectivity index (χ0) is 10.3. The zero-order valence-corrected chi connectivity index (χ0v) is 8.46. The predicted octanol–water partition coefficient (Wildman–Crippen LogP) is 1.46. The van der Waals surface area contributed by atoms with Crippen molar-refractivity contribution in [1.29, 1.82) is 0 Å². The fraction of sp³-hybridized carbons (Fsp3) is 0.250. The SMILES string of the molecule is Nc1c2c(nc3ccccc13)CCNC2. The summed E-state index contributed by atoms with van der Waals surface area (Å²) >= 11 is 0. The van der Waals surface area contributed by atoms with E-state index in [0.29, 0.717) is 0 Å². The van der Waals surface area contributed by atoms with E-state index >= 15 is 0 Å². The summed E-state index contributed by atoms with van der Waals surface area (Å²) < 4.78 is 0. The summed E-state index contributed by atoms with van der Waals surface area (Å²) in [5, 5.41) is 4.40. The van der Waals surface area contributed by atoms with Crippen molar-refractivity contribution in [3.05, 3.63) is 35.5 Å². The van der Waals surface area contributed by atoms with E-state index in [9.17, 15) is 0 Å². The van der Waals surface area contributed by atoms with E-state index < -0.39 is 0 Å². The fourth-order valence-electron chi connectivity index (χ4n) is 2.15. The maximum absolute atomic E-state index is 6.16. The van der Waals surface area contributed by atoms with Crippen molar-refractivity contribution in [2.75, 3.05) is 12.3 Å². The molecule has 0 fully saturated rings. The number of nitrogen functional groups attached to an aromatic ring is 1. The second-order valence-corrected chi connectivity index (χ2v) is 3.89. The molecule has 3 heteroatoms. The molecule has 1 aromatic heterocycles. The average molecular weight is 199 g/mol. The lowest BCUT2D eigenvalue weighted by atomic mass is 10.0. The highest BCUT2D eigenvalue weighted by molar-refractivity contribution is 5.92. The van der Waals surface area contributed by atoms with Gasteiger partial charge in [0.15, 0.2) is 0 Å². The van der Waals surface area contributed by atoms with Crippen molar-refractivity contribution < 1.29 is 0 Å². The molecule has 0 unspecified atom stereocenters. The molecule has 0 bridgehead atoms. The second kappa shape index (κ2) is 3.21. The first-order valence-electron chi connectivity index (χ1n) is 5.23. The molecule has 0 spiro atoms. The molecule has 1 aliphatic rings. The van der Waals surface area contributed by atoms with Crippen LogP contribution in [0.1, 0.15) is 11.3 Å². The monoisotopic (exact) mass is 199 g/mol. The Morgan fingerprint density at radius 3 is 3.07 bits per heavy atom. The number of benzene rings is 1. The van der Waals surface area contributed by atoms with Gasteiger partial charge in [-0.15, -0.1) is 0 Å². The molecule has 0 radical (unpaired) electrons. The number of nitrogens with zero attached hydrogens (tertiary/aromatic N) is 1. The van der Waals surface area contributed by atoms with Gasteiger partial charge in [0.2, 0.25) is 0 Å². The Balaban J connectivity index is 2.36. The first-order valence-corrected chi connectivity index (χ1v) is 5.23. The number of rotatable bonds is 0. The Kier molecular flexibility index (Phi) is 1.86. The maximum Gasteiger partial charge on any atom is 0.0726 e. The summed E-state index contributed by atoms with van der Waals surface area (Å²) in [5.74, 6) is 0. The minimum Gasteiger partial charge on any atom is -0.398 e. The van der Waals surface area contributed by atoms with Gasteiger partial charge in [0.25, 0.3) is 0 Å². The molecule has 2 heterocycles. The molecule has 0 atom stereocenters. The third kappa shape index (κ3) is 1.27. The minimum absolute atomic E-state index is 0.846. The van der Waals surface area contributed by atoms with Gasteiger partial charge in [-0.3, -0.25) is 4.98 Å². The van der Waals surface area contributed by atoms with E-state index in [1.807, 2.05) is 24.3 Å². The predicted molar refractivity (Wildman–Crippen MR) is 61.6 cm³/mol. The van der Waals surface area contributed by atoms with E-state index in [4.69, 9.17) is 5.73 Å². The lowest BCUT2D eigenvalue weighted by Gasteiger charge is -2.19. The molecule has 3 N–H and O–H groups in total.